The molecule has 2 N–H and O–H groups in total. The standard InChI is InChI=1S/C12H12O2S/c1-15(2)11-7-6-9(13)8-4-3-5-10(14)12(8)11/h3-7H,1-2H3,(H-,13,14)/p+1. The van der Waals surface area contributed by atoms with Crippen molar-refractivity contribution < 1.29 is 10.2 Å². The minimum atomic E-state index is 0.0568. The Labute approximate surface area is 91.5 Å². The highest BCUT2D eigenvalue weighted by Gasteiger charge is 2.17. The van der Waals surface area contributed by atoms with E-state index in [4.69, 9.17) is 0 Å². The van der Waals surface area contributed by atoms with Crippen molar-refractivity contribution in [2.75, 3.05) is 12.5 Å². The highest BCUT2D eigenvalue weighted by Crippen LogP contribution is 2.35. The third-order valence-electron chi connectivity index (χ3n) is 2.40. The Balaban J connectivity index is 2.90. The summed E-state index contributed by atoms with van der Waals surface area (Å²) in [5.74, 6) is 0.453. The van der Waals surface area contributed by atoms with Gasteiger partial charge in [0.25, 0.3) is 0 Å². The molecular weight excluding hydrogens is 208 g/mol. The molecule has 0 saturated carbocycles. The largest absolute Gasteiger partial charge is 0.507 e. The quantitative estimate of drug-likeness (QED) is 0.726. The van der Waals surface area contributed by atoms with Crippen molar-refractivity contribution in [3.05, 3.63) is 30.3 Å². The zero-order chi connectivity index (χ0) is 11.0. The van der Waals surface area contributed by atoms with Crippen LogP contribution in [0.4, 0.5) is 0 Å². The van der Waals surface area contributed by atoms with Gasteiger partial charge in [0.05, 0.1) is 5.39 Å². The number of phenolic OH excluding ortho intramolecular Hbond substituents is 2. The van der Waals surface area contributed by atoms with Crippen LogP contribution in [0.5, 0.6) is 11.5 Å². The third-order valence-corrected chi connectivity index (χ3v) is 3.62. The molecule has 0 fully saturated rings. The van der Waals surface area contributed by atoms with Crippen LogP contribution in [-0.4, -0.2) is 22.7 Å². The molecule has 0 aliphatic rings. The SMILES string of the molecule is C[S+](C)c1ccc(O)c2cccc(O)c12. The van der Waals surface area contributed by atoms with E-state index in [1.807, 2.05) is 12.1 Å². The minimum Gasteiger partial charge on any atom is -0.507 e. The number of phenols is 2. The highest BCUT2D eigenvalue weighted by molar-refractivity contribution is 7.95. The van der Waals surface area contributed by atoms with Crippen LogP contribution in [0.3, 0.4) is 0 Å². The summed E-state index contributed by atoms with van der Waals surface area (Å²) in [7, 11) is 0.0568. The average Bonchev–Trinajstić information content (AvgIpc) is 2.19. The van der Waals surface area contributed by atoms with Gasteiger partial charge in [0.15, 0.2) is 4.90 Å². The fourth-order valence-electron chi connectivity index (χ4n) is 1.68. The molecule has 0 radical (unpaired) electrons. The molecule has 0 aromatic heterocycles. The van der Waals surface area contributed by atoms with Crippen LogP contribution >= 0.6 is 0 Å². The van der Waals surface area contributed by atoms with Crippen molar-refractivity contribution in [3.63, 3.8) is 0 Å². The topological polar surface area (TPSA) is 40.5 Å². The number of hydrogen-bond donors (Lipinski definition) is 2. The van der Waals surface area contributed by atoms with Crippen molar-refractivity contribution in [2.45, 2.75) is 4.90 Å². The van der Waals surface area contributed by atoms with Crippen LogP contribution in [0.1, 0.15) is 0 Å². The van der Waals surface area contributed by atoms with Gasteiger partial charge in [-0.2, -0.15) is 0 Å². The summed E-state index contributed by atoms with van der Waals surface area (Å²) < 4.78 is 0. The summed E-state index contributed by atoms with van der Waals surface area (Å²) in [5, 5.41) is 21.0. The van der Waals surface area contributed by atoms with Gasteiger partial charge >= 0.3 is 0 Å². The summed E-state index contributed by atoms with van der Waals surface area (Å²) in [5.41, 5.74) is 0. The Hall–Kier alpha value is -1.35. The van der Waals surface area contributed by atoms with Crippen molar-refractivity contribution in [2.24, 2.45) is 0 Å². The maximum atomic E-state index is 9.82. The first-order valence-electron chi connectivity index (χ1n) is 4.62. The fourth-order valence-corrected chi connectivity index (χ4v) is 2.64. The van der Waals surface area contributed by atoms with Gasteiger partial charge in [-0.3, -0.25) is 0 Å². The van der Waals surface area contributed by atoms with Crippen LogP contribution in [0, 0.1) is 0 Å². The van der Waals surface area contributed by atoms with Gasteiger partial charge in [-0.1, -0.05) is 12.1 Å². The molecule has 0 saturated heterocycles. The van der Waals surface area contributed by atoms with Crippen LogP contribution in [0.2, 0.25) is 0 Å². The van der Waals surface area contributed by atoms with Crippen LogP contribution in [0.15, 0.2) is 35.2 Å². The Kier molecular flexibility index (Phi) is 2.49. The first-order valence-corrected chi connectivity index (χ1v) is 6.66. The molecule has 0 unspecified atom stereocenters. The number of hydrogen-bond acceptors (Lipinski definition) is 2. The normalized spacial score (nSPS) is 11.1. The second kappa shape index (κ2) is 3.66. The van der Waals surface area contributed by atoms with Crippen molar-refractivity contribution in [1.82, 2.24) is 0 Å². The van der Waals surface area contributed by atoms with Gasteiger partial charge < -0.3 is 10.2 Å². The first-order chi connectivity index (χ1) is 7.11. The maximum Gasteiger partial charge on any atom is 0.166 e. The molecule has 3 heteroatoms. The van der Waals surface area contributed by atoms with Gasteiger partial charge in [0, 0.05) is 16.3 Å². The van der Waals surface area contributed by atoms with Gasteiger partial charge in [0.2, 0.25) is 0 Å². The molecule has 0 spiro atoms. The summed E-state index contributed by atoms with van der Waals surface area (Å²) in [6.07, 6.45) is 4.19. The molecule has 78 valence electrons. The molecular formula is C12H13O2S+. The van der Waals surface area contributed by atoms with Gasteiger partial charge in [0.1, 0.15) is 24.0 Å². The summed E-state index contributed by atoms with van der Waals surface area (Å²) in [4.78, 5) is 1.08. The van der Waals surface area contributed by atoms with Crippen molar-refractivity contribution in [1.29, 1.82) is 0 Å². The predicted octanol–water partition coefficient (Wildman–Crippen LogP) is 2.49. The van der Waals surface area contributed by atoms with Crippen molar-refractivity contribution in [3.8, 4) is 11.5 Å². The predicted molar refractivity (Wildman–Crippen MR) is 64.8 cm³/mol. The molecule has 0 aliphatic carbocycles. The molecule has 2 nitrogen and oxygen atoms in total. The van der Waals surface area contributed by atoms with Crippen LogP contribution in [0.25, 0.3) is 10.8 Å². The number of fused-ring (bicyclic) bond motifs is 1. The molecule has 0 heterocycles. The lowest BCUT2D eigenvalue weighted by Gasteiger charge is -2.06. The average molecular weight is 221 g/mol. The second-order valence-corrected chi connectivity index (χ2v) is 5.67. The van der Waals surface area contributed by atoms with Crippen LogP contribution in [-0.2, 0) is 10.9 Å². The highest BCUT2D eigenvalue weighted by atomic mass is 32.2. The number of aromatic hydroxyl groups is 2. The maximum absolute atomic E-state index is 9.82. The number of benzene rings is 2. The van der Waals surface area contributed by atoms with Gasteiger partial charge in [-0.05, 0) is 18.2 Å². The molecule has 15 heavy (non-hydrogen) atoms. The smallest absolute Gasteiger partial charge is 0.166 e. The fraction of sp³-hybridized carbons (Fsp3) is 0.167. The molecule has 0 amide bonds. The van der Waals surface area contributed by atoms with E-state index in [0.717, 1.165) is 10.3 Å². The summed E-state index contributed by atoms with van der Waals surface area (Å²) in [6, 6.07) is 8.77. The Morgan fingerprint density at radius 3 is 2.33 bits per heavy atom. The number of rotatable bonds is 1. The van der Waals surface area contributed by atoms with E-state index in [-0.39, 0.29) is 22.4 Å². The Morgan fingerprint density at radius 1 is 0.933 bits per heavy atom. The molecule has 0 bridgehead atoms. The zero-order valence-corrected chi connectivity index (χ0v) is 9.51. The second-order valence-electron chi connectivity index (χ2n) is 3.60. The van der Waals surface area contributed by atoms with E-state index in [1.54, 1.807) is 18.2 Å². The third kappa shape index (κ3) is 1.63. The Bertz CT molecular complexity index is 506. The first kappa shape index (κ1) is 10.2. The Morgan fingerprint density at radius 2 is 1.67 bits per heavy atom. The van der Waals surface area contributed by atoms with E-state index in [1.165, 1.54) is 0 Å². The molecule has 2 aromatic rings. The summed E-state index contributed by atoms with van der Waals surface area (Å²) in [6.45, 7) is 0. The molecule has 2 aromatic carbocycles. The van der Waals surface area contributed by atoms with Crippen molar-refractivity contribution >= 4 is 21.7 Å². The molecule has 0 aliphatic heterocycles. The van der Waals surface area contributed by atoms with E-state index < -0.39 is 0 Å². The van der Waals surface area contributed by atoms with Gasteiger partial charge in [-0.15, -0.1) is 0 Å². The van der Waals surface area contributed by atoms with E-state index in [2.05, 4.69) is 12.5 Å². The van der Waals surface area contributed by atoms with E-state index in [0.29, 0.717) is 5.39 Å². The van der Waals surface area contributed by atoms with E-state index >= 15 is 0 Å². The minimum absolute atomic E-state index is 0.0568. The molecule has 0 atom stereocenters. The monoisotopic (exact) mass is 221 g/mol. The lowest BCUT2D eigenvalue weighted by atomic mass is 10.1. The van der Waals surface area contributed by atoms with Gasteiger partial charge in [-0.25, -0.2) is 0 Å². The zero-order valence-electron chi connectivity index (χ0n) is 8.69. The van der Waals surface area contributed by atoms with E-state index in [9.17, 15) is 10.2 Å². The lowest BCUT2D eigenvalue weighted by molar-refractivity contribution is 0.474. The summed E-state index contributed by atoms with van der Waals surface area (Å²) >= 11 is 0. The van der Waals surface area contributed by atoms with Crippen LogP contribution < -0.4 is 0 Å². The molecule has 2 rings (SSSR count). The lowest BCUT2D eigenvalue weighted by Crippen LogP contribution is -1.96.